The molecule has 0 heterocycles. The molecule has 0 amide bonds. The van der Waals surface area contributed by atoms with Gasteiger partial charge in [0.1, 0.15) is 11.5 Å². The Morgan fingerprint density at radius 1 is 0.950 bits per heavy atom. The maximum absolute atomic E-state index is 9.87. The summed E-state index contributed by atoms with van der Waals surface area (Å²) in [7, 11) is 0. The van der Waals surface area contributed by atoms with Crippen molar-refractivity contribution in [3.8, 4) is 11.5 Å². The van der Waals surface area contributed by atoms with Crippen molar-refractivity contribution >= 4 is 11.6 Å². The van der Waals surface area contributed by atoms with Crippen molar-refractivity contribution in [1.29, 1.82) is 0 Å². The minimum atomic E-state index is -0.0677. The average Bonchev–Trinajstić information content (AvgIpc) is 2.38. The SMILES string of the molecule is CC(NC(C)c1ccccc1Cl)c1ccc(O)cc1O. The van der Waals surface area contributed by atoms with E-state index in [1.54, 1.807) is 12.1 Å². The lowest BCUT2D eigenvalue weighted by molar-refractivity contribution is 0.427. The lowest BCUT2D eigenvalue weighted by Gasteiger charge is -2.22. The molecule has 2 aromatic carbocycles. The van der Waals surface area contributed by atoms with E-state index in [1.165, 1.54) is 6.07 Å². The van der Waals surface area contributed by atoms with E-state index in [2.05, 4.69) is 5.32 Å². The second-order valence-corrected chi connectivity index (χ2v) is 5.28. The third-order valence-electron chi connectivity index (χ3n) is 3.35. The zero-order chi connectivity index (χ0) is 14.7. The Morgan fingerprint density at radius 2 is 1.60 bits per heavy atom. The maximum Gasteiger partial charge on any atom is 0.124 e. The average molecular weight is 292 g/mol. The summed E-state index contributed by atoms with van der Waals surface area (Å²) in [5.41, 5.74) is 1.75. The third-order valence-corrected chi connectivity index (χ3v) is 3.70. The lowest BCUT2D eigenvalue weighted by Crippen LogP contribution is -2.22. The molecule has 20 heavy (non-hydrogen) atoms. The van der Waals surface area contributed by atoms with Gasteiger partial charge in [-0.15, -0.1) is 0 Å². The van der Waals surface area contributed by atoms with E-state index in [1.807, 2.05) is 38.1 Å². The molecule has 0 aliphatic carbocycles. The molecular weight excluding hydrogens is 274 g/mol. The van der Waals surface area contributed by atoms with Crippen molar-refractivity contribution in [1.82, 2.24) is 5.32 Å². The minimum absolute atomic E-state index is 0.0481. The number of rotatable bonds is 4. The van der Waals surface area contributed by atoms with Gasteiger partial charge in [-0.05, 0) is 31.5 Å². The Morgan fingerprint density at radius 3 is 2.25 bits per heavy atom. The fourth-order valence-electron chi connectivity index (χ4n) is 2.28. The van der Waals surface area contributed by atoms with E-state index in [9.17, 15) is 10.2 Å². The first-order valence-electron chi connectivity index (χ1n) is 6.51. The smallest absolute Gasteiger partial charge is 0.124 e. The predicted molar refractivity (Wildman–Crippen MR) is 81.2 cm³/mol. The van der Waals surface area contributed by atoms with E-state index in [-0.39, 0.29) is 23.6 Å². The normalized spacial score (nSPS) is 13.9. The Balaban J connectivity index is 2.15. The Labute approximate surface area is 123 Å². The molecule has 0 bridgehead atoms. The summed E-state index contributed by atoms with van der Waals surface area (Å²) in [6.45, 7) is 3.98. The van der Waals surface area contributed by atoms with E-state index < -0.39 is 0 Å². The van der Waals surface area contributed by atoms with Gasteiger partial charge in [-0.3, -0.25) is 0 Å². The van der Waals surface area contributed by atoms with Crippen LogP contribution in [0.15, 0.2) is 42.5 Å². The van der Waals surface area contributed by atoms with Crippen LogP contribution in [-0.4, -0.2) is 10.2 Å². The van der Waals surface area contributed by atoms with Gasteiger partial charge in [0, 0.05) is 28.7 Å². The quantitative estimate of drug-likeness (QED) is 0.793. The van der Waals surface area contributed by atoms with Gasteiger partial charge in [-0.1, -0.05) is 35.9 Å². The molecule has 0 aliphatic heterocycles. The van der Waals surface area contributed by atoms with Gasteiger partial charge in [-0.2, -0.15) is 0 Å². The van der Waals surface area contributed by atoms with Gasteiger partial charge < -0.3 is 15.5 Å². The number of halogens is 1. The maximum atomic E-state index is 9.87. The fourth-order valence-corrected chi connectivity index (χ4v) is 2.58. The molecule has 2 atom stereocenters. The summed E-state index contributed by atoms with van der Waals surface area (Å²) in [6, 6.07) is 12.3. The number of benzene rings is 2. The van der Waals surface area contributed by atoms with E-state index in [0.29, 0.717) is 0 Å². The van der Waals surface area contributed by atoms with Crippen molar-refractivity contribution in [2.24, 2.45) is 0 Å². The van der Waals surface area contributed by atoms with Crippen LogP contribution in [0.25, 0.3) is 0 Å². The summed E-state index contributed by atoms with van der Waals surface area (Å²) >= 11 is 6.18. The zero-order valence-electron chi connectivity index (χ0n) is 11.5. The Bertz CT molecular complexity index is 601. The molecule has 0 aromatic heterocycles. The van der Waals surface area contributed by atoms with Crippen LogP contribution >= 0.6 is 11.6 Å². The summed E-state index contributed by atoms with van der Waals surface area (Å²) in [4.78, 5) is 0. The topological polar surface area (TPSA) is 52.5 Å². The van der Waals surface area contributed by atoms with Gasteiger partial charge in [0.2, 0.25) is 0 Å². The summed E-state index contributed by atoms with van der Waals surface area (Å²) in [5, 5.41) is 23.3. The molecule has 3 N–H and O–H groups in total. The first-order valence-corrected chi connectivity index (χ1v) is 6.89. The Kier molecular flexibility index (Phi) is 4.53. The van der Waals surface area contributed by atoms with Crippen LogP contribution in [0, 0.1) is 0 Å². The molecule has 106 valence electrons. The number of hydrogen-bond acceptors (Lipinski definition) is 3. The minimum Gasteiger partial charge on any atom is -0.508 e. The number of nitrogens with one attached hydrogen (secondary N) is 1. The van der Waals surface area contributed by atoms with Crippen molar-refractivity contribution in [3.05, 3.63) is 58.6 Å². The molecule has 2 rings (SSSR count). The second-order valence-electron chi connectivity index (χ2n) is 4.87. The van der Waals surface area contributed by atoms with Gasteiger partial charge >= 0.3 is 0 Å². The highest BCUT2D eigenvalue weighted by Gasteiger charge is 2.15. The molecule has 2 unspecified atom stereocenters. The second kappa shape index (κ2) is 6.16. The highest BCUT2D eigenvalue weighted by Crippen LogP contribution is 2.30. The fraction of sp³-hybridized carbons (Fsp3) is 0.250. The predicted octanol–water partition coefficient (Wildman–Crippen LogP) is 4.16. The zero-order valence-corrected chi connectivity index (χ0v) is 12.2. The van der Waals surface area contributed by atoms with E-state index in [4.69, 9.17) is 11.6 Å². The molecule has 0 fully saturated rings. The Hall–Kier alpha value is -1.71. The van der Waals surface area contributed by atoms with Gasteiger partial charge in [-0.25, -0.2) is 0 Å². The van der Waals surface area contributed by atoms with Crippen LogP contribution in [0.5, 0.6) is 11.5 Å². The molecular formula is C16H18ClNO2. The molecule has 4 heteroatoms. The van der Waals surface area contributed by atoms with Gasteiger partial charge in [0.05, 0.1) is 0 Å². The third kappa shape index (κ3) is 3.24. The highest BCUT2D eigenvalue weighted by molar-refractivity contribution is 6.31. The van der Waals surface area contributed by atoms with Crippen LogP contribution in [0.2, 0.25) is 5.02 Å². The van der Waals surface area contributed by atoms with Crippen LogP contribution in [-0.2, 0) is 0 Å². The van der Waals surface area contributed by atoms with Crippen LogP contribution < -0.4 is 5.32 Å². The van der Waals surface area contributed by atoms with Crippen molar-refractivity contribution in [2.45, 2.75) is 25.9 Å². The molecule has 0 saturated heterocycles. The first kappa shape index (κ1) is 14.7. The van der Waals surface area contributed by atoms with Crippen molar-refractivity contribution in [3.63, 3.8) is 0 Å². The van der Waals surface area contributed by atoms with Crippen LogP contribution in [0.3, 0.4) is 0 Å². The number of hydrogen-bond donors (Lipinski definition) is 3. The van der Waals surface area contributed by atoms with Crippen LogP contribution in [0.1, 0.15) is 37.1 Å². The standard InChI is InChI=1S/C16H18ClNO2/c1-10(13-5-3-4-6-15(13)17)18-11(2)14-8-7-12(19)9-16(14)20/h3-11,18-20H,1-2H3. The monoisotopic (exact) mass is 291 g/mol. The van der Waals surface area contributed by atoms with Crippen molar-refractivity contribution in [2.75, 3.05) is 0 Å². The number of phenols is 2. The van der Waals surface area contributed by atoms with Crippen molar-refractivity contribution < 1.29 is 10.2 Å². The largest absolute Gasteiger partial charge is 0.508 e. The summed E-state index contributed by atoms with van der Waals surface area (Å²) < 4.78 is 0. The van der Waals surface area contributed by atoms with Crippen LogP contribution in [0.4, 0.5) is 0 Å². The number of phenolic OH excluding ortho intramolecular Hbond substituents is 2. The lowest BCUT2D eigenvalue weighted by atomic mass is 10.0. The number of aromatic hydroxyl groups is 2. The summed E-state index contributed by atoms with van der Waals surface area (Å²) in [5.74, 6) is 0.133. The molecule has 0 aliphatic rings. The molecule has 2 aromatic rings. The van der Waals surface area contributed by atoms with E-state index in [0.717, 1.165) is 16.1 Å². The van der Waals surface area contributed by atoms with Gasteiger partial charge in [0.15, 0.2) is 0 Å². The first-order chi connectivity index (χ1) is 9.49. The summed E-state index contributed by atoms with van der Waals surface area (Å²) in [6.07, 6.45) is 0. The molecule has 0 radical (unpaired) electrons. The molecule has 0 saturated carbocycles. The van der Waals surface area contributed by atoms with E-state index >= 15 is 0 Å². The molecule has 3 nitrogen and oxygen atoms in total. The highest BCUT2D eigenvalue weighted by atomic mass is 35.5. The van der Waals surface area contributed by atoms with Gasteiger partial charge in [0.25, 0.3) is 0 Å². The molecule has 0 spiro atoms.